The Morgan fingerprint density at radius 3 is 1.43 bits per heavy atom. The zero-order valence-electron chi connectivity index (χ0n) is 53.0. The molecule has 4 aromatic carbocycles. The monoisotopic (exact) mass is 1440 g/mol. The molecule has 2 amide bonds. The molecule has 2 N–H and O–H groups in total. The van der Waals surface area contributed by atoms with Gasteiger partial charge in [-0.1, -0.05) is 123 Å². The Labute approximate surface area is 573 Å². The molecule has 31 heteroatoms. The molecular formula is C66H79Cl3F4N6O17S. The topological polar surface area (TPSA) is 292 Å². The number of aromatic nitrogens is 4. The summed E-state index contributed by atoms with van der Waals surface area (Å²) in [7, 11) is 3.47. The number of fused-ring (bicyclic) bond motifs is 4. The first-order chi connectivity index (χ1) is 44.7. The summed E-state index contributed by atoms with van der Waals surface area (Å²) in [6.07, 6.45) is 4.65. The zero-order chi connectivity index (χ0) is 70.5. The maximum atomic E-state index is 15.4. The molecule has 2 saturated heterocycles. The highest BCUT2D eigenvalue weighted by Gasteiger charge is 2.51. The predicted octanol–water partition coefficient (Wildman–Crippen LogP) is 11.3. The van der Waals surface area contributed by atoms with E-state index in [1.54, 1.807) is 68.7 Å². The van der Waals surface area contributed by atoms with E-state index < -0.39 is 132 Å². The lowest BCUT2D eigenvalue weighted by Gasteiger charge is -2.42. The molecule has 10 rings (SSSR count). The first-order valence-corrected chi connectivity index (χ1v) is 32.5. The van der Waals surface area contributed by atoms with Crippen LogP contribution in [0.5, 0.6) is 11.5 Å². The quantitative estimate of drug-likeness (QED) is 0.0299. The number of esters is 2. The standard InChI is InChI=1S/C29H29F2N3O5.C23H19F2N3O3.C6H11ClO3.C5H10O3.CH2Cl2O3S.2CH4/c1-29(2,3)28(37)39-16-38-26-21(35)15-32-34-24(20-13-8-14-33(20)27(36)25(26)34)22(17-9-5-4-6-10-17)18-11-7-12-19(30)23(18)31;24-15-9-4-8-14(19(15)25)18(13-6-2-1-3-7-13)20-16-10-5-11-27(16)23(31)21-22(30)17(29)12-26-28(20)21;1-6(2,9-3)5(8)10-4-7;1-5(2,8-3)4(6)7;2-1-6-7(3,4)5;;/h4-7,9-12,15,20,22,24H,8,13-14,16H2,1-3H3;1-4,6-9,12,16,18,20,30H,5,10-11H2;4H2,1-3H3;1-3H3,(H,6,7);1H2;2*1H4/t20-,22-,24-;16-,18-,20-;;;;;/m11...../s1. The molecule has 97 heavy (non-hydrogen) atoms. The van der Waals surface area contributed by atoms with Crippen molar-refractivity contribution in [3.63, 3.8) is 0 Å². The second-order valence-corrected chi connectivity index (χ2v) is 26.2. The molecule has 4 aliphatic rings. The number of aromatic hydroxyl groups is 1. The van der Waals surface area contributed by atoms with Gasteiger partial charge in [0.15, 0.2) is 57.7 Å². The van der Waals surface area contributed by atoms with E-state index in [1.165, 1.54) is 61.7 Å². The number of benzene rings is 4. The number of aliphatic carboxylic acids is 1. The van der Waals surface area contributed by atoms with Gasteiger partial charge >= 0.3 is 27.2 Å². The minimum Gasteiger partial charge on any atom is -0.502 e. The molecule has 2 fully saturated rings. The maximum Gasteiger partial charge on any atom is 0.356 e. The lowest BCUT2D eigenvalue weighted by atomic mass is 9.79. The number of amides is 2. The fourth-order valence-electron chi connectivity index (χ4n) is 10.8. The molecule has 0 unspecified atom stereocenters. The highest BCUT2D eigenvalue weighted by atomic mass is 35.7. The van der Waals surface area contributed by atoms with Crippen molar-refractivity contribution in [3.05, 3.63) is 187 Å². The van der Waals surface area contributed by atoms with Gasteiger partial charge in [-0.05, 0) is 97.4 Å². The Morgan fingerprint density at radius 2 is 1.05 bits per heavy atom. The van der Waals surface area contributed by atoms with Crippen LogP contribution in [-0.2, 0) is 46.8 Å². The number of carbonyl (C=O) groups is 5. The first kappa shape index (κ1) is 81.4. The number of carboxylic acid groups (broad SMARTS) is 1. The summed E-state index contributed by atoms with van der Waals surface area (Å²) in [6, 6.07) is 23.5. The number of hydrogen-bond acceptors (Lipinski definition) is 18. The van der Waals surface area contributed by atoms with Crippen molar-refractivity contribution in [1.82, 2.24) is 29.4 Å². The minimum atomic E-state index is -3.83. The van der Waals surface area contributed by atoms with Crippen LogP contribution in [0.3, 0.4) is 0 Å². The Hall–Kier alpha value is -7.99. The van der Waals surface area contributed by atoms with E-state index in [4.69, 9.17) is 42.5 Å². The molecule has 0 radical (unpaired) electrons. The number of nitrogens with zero attached hydrogens (tertiary/aromatic N) is 6. The second kappa shape index (κ2) is 35.0. The summed E-state index contributed by atoms with van der Waals surface area (Å²) in [5.41, 5.74) is -2.83. The van der Waals surface area contributed by atoms with Crippen LogP contribution in [0.25, 0.3) is 0 Å². The second-order valence-electron chi connectivity index (χ2n) is 23.6. The summed E-state index contributed by atoms with van der Waals surface area (Å²) in [4.78, 5) is 88.1. The summed E-state index contributed by atoms with van der Waals surface area (Å²) >= 11 is 9.96. The normalized spacial score (nSPS) is 17.4. The van der Waals surface area contributed by atoms with E-state index in [2.05, 4.69) is 34.5 Å². The predicted molar refractivity (Wildman–Crippen MR) is 352 cm³/mol. The van der Waals surface area contributed by atoms with Gasteiger partial charge in [0.05, 0.1) is 42.0 Å². The Bertz CT molecular complexity index is 3960. The number of halogens is 7. The third kappa shape index (κ3) is 19.4. The number of methoxy groups -OCH3 is 2. The molecule has 4 aliphatic heterocycles. The van der Waals surface area contributed by atoms with E-state index in [-0.39, 0.29) is 61.3 Å². The molecule has 0 spiro atoms. The van der Waals surface area contributed by atoms with Crippen LogP contribution in [0, 0.1) is 28.7 Å². The molecule has 530 valence electrons. The van der Waals surface area contributed by atoms with Crippen molar-refractivity contribution < 1.29 is 88.0 Å². The molecular weight excluding hydrogens is 1360 g/mol. The van der Waals surface area contributed by atoms with Gasteiger partial charge in [0.2, 0.25) is 23.4 Å². The van der Waals surface area contributed by atoms with Crippen LogP contribution in [0.2, 0.25) is 0 Å². The fraction of sp³-hybridized carbons (Fsp3) is 0.439. The van der Waals surface area contributed by atoms with Crippen LogP contribution in [0.1, 0.15) is 156 Å². The Kier molecular flexibility index (Phi) is 29.4. The van der Waals surface area contributed by atoms with Crippen molar-refractivity contribution in [2.24, 2.45) is 5.41 Å². The van der Waals surface area contributed by atoms with Crippen molar-refractivity contribution in [2.75, 3.05) is 46.2 Å². The third-order valence-corrected chi connectivity index (χ3v) is 16.9. The number of alkyl halides is 2. The third-order valence-electron chi connectivity index (χ3n) is 15.9. The lowest BCUT2D eigenvalue weighted by molar-refractivity contribution is -0.162. The molecule has 2 aromatic heterocycles. The summed E-state index contributed by atoms with van der Waals surface area (Å²) in [6.45, 7) is 11.5. The van der Waals surface area contributed by atoms with E-state index in [9.17, 15) is 55.9 Å². The number of ether oxygens (including phenoxy) is 5. The van der Waals surface area contributed by atoms with Crippen molar-refractivity contribution >= 4 is 72.9 Å². The van der Waals surface area contributed by atoms with Gasteiger partial charge in [-0.2, -0.15) is 18.6 Å². The molecule has 6 atom stereocenters. The smallest absolute Gasteiger partial charge is 0.356 e. The summed E-state index contributed by atoms with van der Waals surface area (Å²) in [5.74, 6) is -9.22. The van der Waals surface area contributed by atoms with Crippen molar-refractivity contribution in [1.29, 1.82) is 0 Å². The van der Waals surface area contributed by atoms with Gasteiger partial charge in [-0.15, -0.1) is 0 Å². The molecule has 0 saturated carbocycles. The van der Waals surface area contributed by atoms with E-state index >= 15 is 8.78 Å². The Balaban J connectivity index is 0.000000304. The van der Waals surface area contributed by atoms with Gasteiger partial charge in [-0.25, -0.2) is 31.3 Å². The summed E-state index contributed by atoms with van der Waals surface area (Å²) < 4.78 is 110. The number of carbonyl (C=O) groups excluding carboxylic acids is 4. The van der Waals surface area contributed by atoms with E-state index in [0.29, 0.717) is 43.5 Å². The van der Waals surface area contributed by atoms with Gasteiger partial charge in [0, 0.05) is 61.0 Å². The lowest BCUT2D eigenvalue weighted by Crippen LogP contribution is -2.51. The van der Waals surface area contributed by atoms with Crippen LogP contribution < -0.4 is 15.6 Å². The van der Waals surface area contributed by atoms with Crippen LogP contribution in [-0.4, -0.2) is 147 Å². The molecule has 6 aromatic rings. The minimum absolute atomic E-state index is 0. The average molecular weight is 1440 g/mol. The van der Waals surface area contributed by atoms with Crippen LogP contribution in [0.15, 0.2) is 119 Å². The molecule has 6 heterocycles. The highest BCUT2D eigenvalue weighted by Crippen LogP contribution is 2.48. The van der Waals surface area contributed by atoms with Gasteiger partial charge in [-0.3, -0.25) is 33.3 Å². The number of rotatable bonds is 16. The van der Waals surface area contributed by atoms with Crippen LogP contribution >= 0.6 is 33.9 Å². The van der Waals surface area contributed by atoms with Crippen LogP contribution in [0.4, 0.5) is 17.6 Å². The van der Waals surface area contributed by atoms with Crippen molar-refractivity contribution in [3.8, 4) is 11.5 Å². The fourth-order valence-corrected chi connectivity index (χ4v) is 11.6. The molecule has 0 aliphatic carbocycles. The van der Waals surface area contributed by atoms with E-state index in [0.717, 1.165) is 30.9 Å². The zero-order valence-corrected chi connectivity index (χ0v) is 56.1. The molecule has 0 bridgehead atoms. The Morgan fingerprint density at radius 1 is 0.619 bits per heavy atom. The SMILES string of the molecule is C.C.CC(C)(C)C(=O)OCOc1c2n(ncc1=O)[C@@H]([C@H](c1ccccc1)c1cccc(F)c1F)[C@H]1CCCN1C2=O.COC(C)(C)C(=O)O.COC(C)(C)C(=O)OCCl.O=C1c2c(O)c(=O)cnn2[C@@H]([C@H](c2ccccc2)c2cccc(F)c2F)[C@H]2CCCN12.O=S(=O)(Cl)OCCl. The van der Waals surface area contributed by atoms with Gasteiger partial charge in [0.25, 0.3) is 11.8 Å². The number of hydrogen-bond donors (Lipinski definition) is 2. The van der Waals surface area contributed by atoms with E-state index in [1.807, 2.05) is 36.4 Å². The summed E-state index contributed by atoms with van der Waals surface area (Å²) in [5, 5.41) is 27.2. The highest BCUT2D eigenvalue weighted by molar-refractivity contribution is 8.10. The van der Waals surface area contributed by atoms with Gasteiger partial charge in [0.1, 0.15) is 6.07 Å². The maximum absolute atomic E-state index is 15.4. The first-order valence-electron chi connectivity index (χ1n) is 29.2. The van der Waals surface area contributed by atoms with Gasteiger partial charge < -0.3 is 43.7 Å². The number of carboxylic acids is 1. The molecule has 23 nitrogen and oxygen atoms in total. The van der Waals surface area contributed by atoms with Crippen molar-refractivity contribution in [2.45, 2.75) is 136 Å². The average Bonchev–Trinajstić information content (AvgIpc) is 1.75. The largest absolute Gasteiger partial charge is 0.502 e.